The van der Waals surface area contributed by atoms with Crippen molar-refractivity contribution in [1.29, 1.82) is 5.26 Å². The van der Waals surface area contributed by atoms with Crippen LogP contribution in [0.15, 0.2) is 47.7 Å². The molecule has 0 fully saturated rings. The largest absolute Gasteiger partial charge is 0.385 e. The first-order chi connectivity index (χ1) is 11.9. The average molecular weight is 339 g/mol. The summed E-state index contributed by atoms with van der Waals surface area (Å²) in [6.45, 7) is 5.35. The SMILES string of the molecule is COCCCNC(=O)/C(C#N)=C/C=C1/N(C)c2ccccc2C1(C)C. The molecule has 25 heavy (non-hydrogen) atoms. The number of nitrogens with one attached hydrogen (secondary N) is 1. The smallest absolute Gasteiger partial charge is 0.261 e. The highest BCUT2D eigenvalue weighted by molar-refractivity contribution is 5.97. The van der Waals surface area contributed by atoms with Crippen molar-refractivity contribution in [1.82, 2.24) is 5.32 Å². The van der Waals surface area contributed by atoms with E-state index in [1.807, 2.05) is 31.3 Å². The highest BCUT2D eigenvalue weighted by Crippen LogP contribution is 2.46. The number of carbonyl (C=O) groups is 1. The number of para-hydroxylation sites is 1. The average Bonchev–Trinajstić information content (AvgIpc) is 2.80. The Labute approximate surface area is 149 Å². The standard InChI is InChI=1S/C20H25N3O2/c1-20(2)16-8-5-6-9-17(16)23(3)18(20)11-10-15(14-21)19(24)22-12-7-13-25-4/h5-6,8-11H,7,12-13H2,1-4H3,(H,22,24)/b15-10+,18-11+. The summed E-state index contributed by atoms with van der Waals surface area (Å²) in [5.74, 6) is -0.355. The van der Waals surface area contributed by atoms with Crippen LogP contribution in [-0.2, 0) is 14.9 Å². The first-order valence-corrected chi connectivity index (χ1v) is 8.36. The summed E-state index contributed by atoms with van der Waals surface area (Å²) >= 11 is 0. The zero-order valence-electron chi connectivity index (χ0n) is 15.3. The number of fused-ring (bicyclic) bond motifs is 1. The molecular formula is C20H25N3O2. The van der Waals surface area contributed by atoms with Gasteiger partial charge in [0.15, 0.2) is 0 Å². The number of methoxy groups -OCH3 is 1. The number of rotatable bonds is 6. The van der Waals surface area contributed by atoms with Gasteiger partial charge in [-0.2, -0.15) is 5.26 Å². The van der Waals surface area contributed by atoms with Crippen LogP contribution in [0.2, 0.25) is 0 Å². The van der Waals surface area contributed by atoms with Crippen molar-refractivity contribution in [3.8, 4) is 6.07 Å². The molecule has 1 N–H and O–H groups in total. The van der Waals surface area contributed by atoms with Crippen molar-refractivity contribution in [2.75, 3.05) is 32.2 Å². The maximum atomic E-state index is 12.1. The second kappa shape index (κ2) is 8.00. The number of amides is 1. The molecule has 0 spiro atoms. The van der Waals surface area contributed by atoms with Gasteiger partial charge in [0, 0.05) is 44.1 Å². The van der Waals surface area contributed by atoms with Gasteiger partial charge in [0.25, 0.3) is 5.91 Å². The molecule has 132 valence electrons. The zero-order valence-corrected chi connectivity index (χ0v) is 15.3. The molecule has 1 aliphatic heterocycles. The van der Waals surface area contributed by atoms with Crippen molar-refractivity contribution in [2.45, 2.75) is 25.7 Å². The second-order valence-electron chi connectivity index (χ2n) is 6.55. The summed E-state index contributed by atoms with van der Waals surface area (Å²) in [6.07, 6.45) is 4.19. The fourth-order valence-corrected chi connectivity index (χ4v) is 3.14. The molecule has 0 aliphatic carbocycles. The summed E-state index contributed by atoms with van der Waals surface area (Å²) in [6, 6.07) is 10.2. The van der Waals surface area contributed by atoms with Crippen LogP contribution in [0.5, 0.6) is 0 Å². The van der Waals surface area contributed by atoms with E-state index < -0.39 is 0 Å². The van der Waals surface area contributed by atoms with Gasteiger partial charge in [0.1, 0.15) is 11.6 Å². The summed E-state index contributed by atoms with van der Waals surface area (Å²) in [5.41, 5.74) is 3.35. The maximum Gasteiger partial charge on any atom is 0.261 e. The Morgan fingerprint density at radius 1 is 1.40 bits per heavy atom. The van der Waals surface area contributed by atoms with Crippen molar-refractivity contribution in [3.63, 3.8) is 0 Å². The molecule has 0 unspecified atom stereocenters. The van der Waals surface area contributed by atoms with Gasteiger partial charge in [0.2, 0.25) is 0 Å². The van der Waals surface area contributed by atoms with Crippen LogP contribution < -0.4 is 10.2 Å². The van der Waals surface area contributed by atoms with E-state index in [1.54, 1.807) is 13.2 Å². The lowest BCUT2D eigenvalue weighted by Crippen LogP contribution is -2.26. The van der Waals surface area contributed by atoms with Crippen LogP contribution >= 0.6 is 0 Å². The van der Waals surface area contributed by atoms with Crippen molar-refractivity contribution in [2.24, 2.45) is 0 Å². The Bertz CT molecular complexity index is 742. The van der Waals surface area contributed by atoms with Gasteiger partial charge in [-0.15, -0.1) is 0 Å². The minimum Gasteiger partial charge on any atom is -0.385 e. The number of allylic oxidation sites excluding steroid dienone is 3. The second-order valence-corrected chi connectivity index (χ2v) is 6.55. The molecule has 1 aliphatic rings. The lowest BCUT2D eigenvalue weighted by atomic mass is 9.83. The third-order valence-corrected chi connectivity index (χ3v) is 4.52. The first kappa shape index (κ1) is 18.8. The summed E-state index contributed by atoms with van der Waals surface area (Å²) in [7, 11) is 3.62. The maximum absolute atomic E-state index is 12.1. The van der Waals surface area contributed by atoms with E-state index >= 15 is 0 Å². The number of nitriles is 1. The predicted octanol–water partition coefficient (Wildman–Crippen LogP) is 2.90. The van der Waals surface area contributed by atoms with Crippen LogP contribution in [0, 0.1) is 11.3 Å². The lowest BCUT2D eigenvalue weighted by Gasteiger charge is -2.23. The Balaban J connectivity index is 2.20. The van der Waals surface area contributed by atoms with E-state index in [0.717, 1.165) is 11.4 Å². The van der Waals surface area contributed by atoms with Gasteiger partial charge in [-0.05, 0) is 30.2 Å². The molecular weight excluding hydrogens is 314 g/mol. The van der Waals surface area contributed by atoms with Gasteiger partial charge in [-0.3, -0.25) is 4.79 Å². The summed E-state index contributed by atoms with van der Waals surface area (Å²) < 4.78 is 4.94. The molecule has 0 bridgehead atoms. The minimum absolute atomic E-state index is 0.102. The monoisotopic (exact) mass is 339 g/mol. The van der Waals surface area contributed by atoms with E-state index in [0.29, 0.717) is 19.6 Å². The van der Waals surface area contributed by atoms with E-state index in [9.17, 15) is 10.1 Å². The third kappa shape index (κ3) is 3.92. The Morgan fingerprint density at radius 2 is 2.12 bits per heavy atom. The van der Waals surface area contributed by atoms with Crippen LogP contribution in [0.4, 0.5) is 5.69 Å². The predicted molar refractivity (Wildman–Crippen MR) is 99.2 cm³/mol. The number of likely N-dealkylation sites (N-methyl/N-ethyl adjacent to an activating group) is 1. The van der Waals surface area contributed by atoms with Crippen LogP contribution in [-0.4, -0.2) is 33.2 Å². The fraction of sp³-hybridized carbons (Fsp3) is 0.400. The van der Waals surface area contributed by atoms with E-state index in [1.165, 1.54) is 5.56 Å². The Hall–Kier alpha value is -2.58. The molecule has 0 atom stereocenters. The molecule has 2 rings (SSSR count). The molecule has 1 aromatic rings. The fourth-order valence-electron chi connectivity index (χ4n) is 3.14. The highest BCUT2D eigenvalue weighted by Gasteiger charge is 2.37. The zero-order chi connectivity index (χ0) is 18.4. The van der Waals surface area contributed by atoms with Gasteiger partial charge in [-0.25, -0.2) is 0 Å². The van der Waals surface area contributed by atoms with Crippen molar-refractivity contribution >= 4 is 11.6 Å². The van der Waals surface area contributed by atoms with E-state index in [2.05, 4.69) is 36.2 Å². The quantitative estimate of drug-likeness (QED) is 0.492. The van der Waals surface area contributed by atoms with Crippen LogP contribution in [0.25, 0.3) is 0 Å². The normalized spacial score (nSPS) is 17.3. The highest BCUT2D eigenvalue weighted by atomic mass is 16.5. The molecule has 1 aromatic carbocycles. The topological polar surface area (TPSA) is 65.4 Å². The third-order valence-electron chi connectivity index (χ3n) is 4.52. The van der Waals surface area contributed by atoms with Crippen molar-refractivity contribution < 1.29 is 9.53 Å². The van der Waals surface area contributed by atoms with Gasteiger partial charge in [-0.1, -0.05) is 32.0 Å². The number of hydrogen-bond donors (Lipinski definition) is 1. The molecule has 1 heterocycles. The van der Waals surface area contributed by atoms with Crippen LogP contribution in [0.3, 0.4) is 0 Å². The number of ether oxygens (including phenoxy) is 1. The Kier molecular flexibility index (Phi) is 6.00. The molecule has 0 radical (unpaired) electrons. The van der Waals surface area contributed by atoms with Crippen LogP contribution in [0.1, 0.15) is 25.8 Å². The van der Waals surface area contributed by atoms with Gasteiger partial charge < -0.3 is 15.0 Å². The van der Waals surface area contributed by atoms with E-state index in [-0.39, 0.29) is 16.9 Å². The molecule has 0 aromatic heterocycles. The Morgan fingerprint density at radius 3 is 2.76 bits per heavy atom. The molecule has 5 nitrogen and oxygen atoms in total. The van der Waals surface area contributed by atoms with Gasteiger partial charge >= 0.3 is 0 Å². The van der Waals surface area contributed by atoms with Crippen molar-refractivity contribution in [3.05, 3.63) is 53.3 Å². The number of nitrogens with zero attached hydrogens (tertiary/aromatic N) is 2. The molecule has 0 saturated carbocycles. The number of hydrogen-bond acceptors (Lipinski definition) is 4. The summed E-state index contributed by atoms with van der Waals surface area (Å²) in [5, 5.41) is 12.0. The minimum atomic E-state index is -0.355. The number of carbonyl (C=O) groups excluding carboxylic acids is 1. The first-order valence-electron chi connectivity index (χ1n) is 8.36. The van der Waals surface area contributed by atoms with E-state index in [4.69, 9.17) is 4.74 Å². The molecule has 0 saturated heterocycles. The van der Waals surface area contributed by atoms with Gasteiger partial charge in [0.05, 0.1) is 0 Å². The molecule has 1 amide bonds. The number of benzene rings is 1. The lowest BCUT2D eigenvalue weighted by molar-refractivity contribution is -0.117. The summed E-state index contributed by atoms with van der Waals surface area (Å²) in [4.78, 5) is 14.2. The molecule has 5 heteroatoms. The number of anilines is 1.